The molecule has 0 aliphatic carbocycles. The number of carbonyl (C=O) groups excluding carboxylic acids is 1. The van der Waals surface area contributed by atoms with Crippen LogP contribution in [-0.4, -0.2) is 5.78 Å². The van der Waals surface area contributed by atoms with Crippen molar-refractivity contribution >= 4 is 58.4 Å². The van der Waals surface area contributed by atoms with Gasteiger partial charge in [-0.15, -0.1) is 11.8 Å². The van der Waals surface area contributed by atoms with Gasteiger partial charge in [0, 0.05) is 21.4 Å². The van der Waals surface area contributed by atoms with E-state index in [2.05, 4.69) is 0 Å². The molecule has 0 radical (unpaired) electrons. The molecule has 0 saturated carbocycles. The molecule has 0 fully saturated rings. The Bertz CT molecular complexity index is 964. The van der Waals surface area contributed by atoms with E-state index in [1.54, 1.807) is 24.3 Å². The van der Waals surface area contributed by atoms with Gasteiger partial charge in [-0.2, -0.15) is 0 Å². The van der Waals surface area contributed by atoms with Crippen LogP contribution in [0.2, 0.25) is 15.1 Å². The number of thioether (sulfide) groups is 1. The lowest BCUT2D eigenvalue weighted by Crippen LogP contribution is -2.02. The normalized spacial score (nSPS) is 11.4. The first kappa shape index (κ1) is 20.0. The summed E-state index contributed by atoms with van der Waals surface area (Å²) < 4.78 is 0. The monoisotopic (exact) mass is 432 g/mol. The van der Waals surface area contributed by atoms with E-state index in [-0.39, 0.29) is 5.78 Å². The molecule has 0 aromatic heterocycles. The fourth-order valence-electron chi connectivity index (χ4n) is 2.40. The number of ketones is 1. The lowest BCUT2D eigenvalue weighted by molar-refractivity contribution is 0.104. The first-order valence-electron chi connectivity index (χ1n) is 8.16. The quantitative estimate of drug-likeness (QED) is 0.291. The van der Waals surface area contributed by atoms with Gasteiger partial charge in [-0.05, 0) is 53.6 Å². The van der Waals surface area contributed by atoms with Crippen molar-refractivity contribution in [3.05, 3.63) is 109 Å². The van der Waals surface area contributed by atoms with E-state index in [4.69, 9.17) is 34.8 Å². The third kappa shape index (κ3) is 5.63. The van der Waals surface area contributed by atoms with Crippen LogP contribution in [0.5, 0.6) is 0 Å². The lowest BCUT2D eigenvalue weighted by atomic mass is 10.1. The van der Waals surface area contributed by atoms with Crippen molar-refractivity contribution in [2.24, 2.45) is 0 Å². The molecule has 0 saturated heterocycles. The van der Waals surface area contributed by atoms with Crippen molar-refractivity contribution in [3.63, 3.8) is 0 Å². The molecule has 0 aliphatic rings. The molecule has 136 valence electrons. The first-order chi connectivity index (χ1) is 13.0. The van der Waals surface area contributed by atoms with Crippen molar-refractivity contribution in [2.75, 3.05) is 0 Å². The van der Waals surface area contributed by atoms with Gasteiger partial charge in [0.2, 0.25) is 5.78 Å². The van der Waals surface area contributed by atoms with Gasteiger partial charge < -0.3 is 0 Å². The molecular formula is C22H15Cl3OS. The second-order valence-corrected chi connectivity index (χ2v) is 8.08. The maximum absolute atomic E-state index is 13.1. The van der Waals surface area contributed by atoms with Crippen molar-refractivity contribution in [3.8, 4) is 0 Å². The fraction of sp³-hybridized carbons (Fsp3) is 0.0455. The van der Waals surface area contributed by atoms with Gasteiger partial charge in [-0.25, -0.2) is 0 Å². The molecule has 0 spiro atoms. The summed E-state index contributed by atoms with van der Waals surface area (Å²) in [4.78, 5) is 13.7. The Kier molecular flexibility index (Phi) is 7.03. The first-order valence-corrected chi connectivity index (χ1v) is 10.3. The predicted molar refractivity (Wildman–Crippen MR) is 118 cm³/mol. The minimum absolute atomic E-state index is 0.102. The largest absolute Gasteiger partial charge is 0.288 e. The molecule has 1 nitrogen and oxygen atoms in total. The Morgan fingerprint density at radius 1 is 0.815 bits per heavy atom. The van der Waals surface area contributed by atoms with Crippen molar-refractivity contribution in [1.82, 2.24) is 0 Å². The highest BCUT2D eigenvalue weighted by molar-refractivity contribution is 8.03. The van der Waals surface area contributed by atoms with Crippen LogP contribution < -0.4 is 0 Å². The van der Waals surface area contributed by atoms with Crippen molar-refractivity contribution in [1.29, 1.82) is 0 Å². The maximum atomic E-state index is 13.1. The third-order valence-electron chi connectivity index (χ3n) is 3.82. The number of carbonyl (C=O) groups is 1. The Morgan fingerprint density at radius 3 is 2.04 bits per heavy atom. The molecule has 3 aromatic rings. The highest BCUT2D eigenvalue weighted by Crippen LogP contribution is 2.30. The number of benzene rings is 3. The highest BCUT2D eigenvalue weighted by atomic mass is 35.5. The molecule has 0 N–H and O–H groups in total. The zero-order valence-electron chi connectivity index (χ0n) is 14.2. The summed E-state index contributed by atoms with van der Waals surface area (Å²) in [6.07, 6.45) is 1.86. The number of Topliss-reactive ketones (excluding diaryl/α,β-unsaturated/α-hetero) is 1. The van der Waals surface area contributed by atoms with E-state index in [0.717, 1.165) is 11.1 Å². The van der Waals surface area contributed by atoms with E-state index in [1.165, 1.54) is 11.8 Å². The summed E-state index contributed by atoms with van der Waals surface area (Å²) in [5, 5.41) is 1.78. The summed E-state index contributed by atoms with van der Waals surface area (Å²) >= 11 is 19.6. The molecular weight excluding hydrogens is 419 g/mol. The van der Waals surface area contributed by atoms with Gasteiger partial charge in [0.1, 0.15) is 0 Å². The molecule has 0 aliphatic heterocycles. The summed E-state index contributed by atoms with van der Waals surface area (Å²) in [5.41, 5.74) is 2.47. The molecule has 0 heterocycles. The average Bonchev–Trinajstić information content (AvgIpc) is 2.68. The number of allylic oxidation sites excluding steroid dienone is 1. The molecule has 5 heteroatoms. The van der Waals surface area contributed by atoms with Crippen LogP contribution in [0.25, 0.3) is 6.08 Å². The number of hydrogen-bond donors (Lipinski definition) is 0. The van der Waals surface area contributed by atoms with Gasteiger partial charge in [0.25, 0.3) is 0 Å². The van der Waals surface area contributed by atoms with Crippen LogP contribution in [0, 0.1) is 0 Å². The molecule has 0 amide bonds. The minimum atomic E-state index is -0.102. The van der Waals surface area contributed by atoms with Crippen LogP contribution >= 0.6 is 46.6 Å². The smallest absolute Gasteiger partial charge is 0.200 e. The van der Waals surface area contributed by atoms with Gasteiger partial charge >= 0.3 is 0 Å². The summed E-state index contributed by atoms with van der Waals surface area (Å²) in [7, 11) is 0. The third-order valence-corrected chi connectivity index (χ3v) is 5.74. The molecule has 0 unspecified atom stereocenters. The van der Waals surface area contributed by atoms with Crippen molar-refractivity contribution < 1.29 is 4.79 Å². The number of halogens is 3. The summed E-state index contributed by atoms with van der Waals surface area (Å²) in [5.74, 6) is 0.543. The van der Waals surface area contributed by atoms with Crippen LogP contribution in [0.3, 0.4) is 0 Å². The van der Waals surface area contributed by atoms with Gasteiger partial charge in [-0.1, -0.05) is 71.2 Å². The van der Waals surface area contributed by atoms with Gasteiger partial charge in [0.05, 0.1) is 9.93 Å². The SMILES string of the molecule is O=C(/C(=C\c1ccc(Cl)cc1)SCc1ccc(Cl)cc1)c1ccccc1Cl. The maximum Gasteiger partial charge on any atom is 0.200 e. The Labute approximate surface area is 178 Å². The van der Waals surface area contributed by atoms with E-state index in [9.17, 15) is 4.79 Å². The zero-order valence-corrected chi connectivity index (χ0v) is 17.2. The van der Waals surface area contributed by atoms with Gasteiger partial charge in [-0.3, -0.25) is 4.79 Å². The second kappa shape index (κ2) is 9.48. The highest BCUT2D eigenvalue weighted by Gasteiger charge is 2.16. The van der Waals surface area contributed by atoms with E-state index >= 15 is 0 Å². The van der Waals surface area contributed by atoms with Crippen LogP contribution in [0.4, 0.5) is 0 Å². The standard InChI is InChI=1S/C22H15Cl3OS/c23-17-9-5-15(6-10-17)13-21(22(26)19-3-1-2-4-20(19)25)27-14-16-7-11-18(24)12-8-16/h1-13H,14H2/b21-13+. The number of rotatable bonds is 6. The predicted octanol–water partition coefficient (Wildman–Crippen LogP) is 7.80. The second-order valence-electron chi connectivity index (χ2n) is 5.78. The van der Waals surface area contributed by atoms with Gasteiger partial charge in [0.15, 0.2) is 0 Å². The molecule has 3 rings (SSSR count). The zero-order chi connectivity index (χ0) is 19.2. The van der Waals surface area contributed by atoms with E-state index in [0.29, 0.717) is 31.3 Å². The summed E-state index contributed by atoms with van der Waals surface area (Å²) in [6.45, 7) is 0. The van der Waals surface area contributed by atoms with E-state index in [1.807, 2.05) is 54.6 Å². The van der Waals surface area contributed by atoms with Crippen LogP contribution in [-0.2, 0) is 5.75 Å². The average molecular weight is 434 g/mol. The lowest BCUT2D eigenvalue weighted by Gasteiger charge is -2.09. The topological polar surface area (TPSA) is 17.1 Å². The van der Waals surface area contributed by atoms with Crippen LogP contribution in [0.15, 0.2) is 77.7 Å². The van der Waals surface area contributed by atoms with Crippen LogP contribution in [0.1, 0.15) is 21.5 Å². The van der Waals surface area contributed by atoms with E-state index < -0.39 is 0 Å². The molecule has 0 atom stereocenters. The van der Waals surface area contributed by atoms with Crippen molar-refractivity contribution in [2.45, 2.75) is 5.75 Å². The molecule has 0 bridgehead atoms. The fourth-order valence-corrected chi connectivity index (χ4v) is 3.85. The Morgan fingerprint density at radius 2 is 1.41 bits per heavy atom. The summed E-state index contributed by atoms with van der Waals surface area (Å²) in [6, 6.07) is 22.0. The molecule has 3 aromatic carbocycles. The Balaban J connectivity index is 1.90. The number of hydrogen-bond acceptors (Lipinski definition) is 2. The minimum Gasteiger partial charge on any atom is -0.288 e. The molecule has 27 heavy (non-hydrogen) atoms. The Hall–Kier alpha value is -1.71.